The van der Waals surface area contributed by atoms with E-state index in [0.717, 1.165) is 12.8 Å². The van der Waals surface area contributed by atoms with Gasteiger partial charge in [0.25, 0.3) is 0 Å². The highest BCUT2D eigenvalue weighted by Gasteiger charge is 2.53. The molecule has 0 aromatic rings. The van der Waals surface area contributed by atoms with Gasteiger partial charge in [-0.1, -0.05) is 13.8 Å². The molecule has 21 heavy (non-hydrogen) atoms. The summed E-state index contributed by atoms with van der Waals surface area (Å²) in [5.41, 5.74) is -0.254. The van der Waals surface area contributed by atoms with Gasteiger partial charge >= 0.3 is 0 Å². The second-order valence-electron chi connectivity index (χ2n) is 8.23. The predicted octanol–water partition coefficient (Wildman–Crippen LogP) is 1.83. The Balaban J connectivity index is 2.20. The van der Waals surface area contributed by atoms with Gasteiger partial charge in [-0.25, -0.2) is 0 Å². The molecule has 2 fully saturated rings. The van der Waals surface area contributed by atoms with Crippen molar-refractivity contribution in [3.8, 4) is 0 Å². The van der Waals surface area contributed by atoms with Crippen LogP contribution in [0.15, 0.2) is 0 Å². The van der Waals surface area contributed by atoms with Crippen LogP contribution in [-0.2, 0) is 14.3 Å². The van der Waals surface area contributed by atoms with E-state index in [1.807, 2.05) is 20.8 Å². The minimum absolute atomic E-state index is 0.00708. The molecule has 1 saturated heterocycles. The second-order valence-corrected chi connectivity index (χ2v) is 8.23. The van der Waals surface area contributed by atoms with E-state index < -0.39 is 24.0 Å². The van der Waals surface area contributed by atoms with Crippen LogP contribution in [0.4, 0.5) is 0 Å². The highest BCUT2D eigenvalue weighted by atomic mass is 16.7. The lowest BCUT2D eigenvalue weighted by molar-refractivity contribution is -0.273. The third kappa shape index (κ3) is 3.96. The molecule has 0 bridgehead atoms. The van der Waals surface area contributed by atoms with E-state index in [2.05, 4.69) is 19.2 Å². The molecule has 5 unspecified atom stereocenters. The van der Waals surface area contributed by atoms with Crippen LogP contribution < -0.4 is 5.32 Å². The third-order valence-electron chi connectivity index (χ3n) is 4.27. The highest BCUT2D eigenvalue weighted by Crippen LogP contribution is 2.47. The van der Waals surface area contributed by atoms with Crippen molar-refractivity contribution < 1.29 is 19.4 Å². The number of carbonyl (C=O) groups is 1. The molecule has 1 aliphatic carbocycles. The molecule has 5 heteroatoms. The Hall–Kier alpha value is -0.650. The zero-order valence-electron chi connectivity index (χ0n) is 14.0. The monoisotopic (exact) mass is 299 g/mol. The summed E-state index contributed by atoms with van der Waals surface area (Å²) in [4.78, 5) is 11.5. The minimum atomic E-state index is -0.637. The Morgan fingerprint density at radius 3 is 2.48 bits per heavy atom. The summed E-state index contributed by atoms with van der Waals surface area (Å²) in [6.45, 7) is 11.7. The first-order chi connectivity index (χ1) is 9.48. The van der Waals surface area contributed by atoms with Crippen molar-refractivity contribution >= 4 is 5.91 Å². The molecule has 1 amide bonds. The van der Waals surface area contributed by atoms with Crippen LogP contribution in [0.2, 0.25) is 0 Å². The SMILES string of the molecule is CC(=O)NC1C(OC(C)(C)C)OC2CC(C)(C)CC2C1O. The van der Waals surface area contributed by atoms with Gasteiger partial charge in [-0.3, -0.25) is 4.79 Å². The summed E-state index contributed by atoms with van der Waals surface area (Å²) >= 11 is 0. The van der Waals surface area contributed by atoms with Gasteiger partial charge in [-0.05, 0) is 39.0 Å². The Bertz CT molecular complexity index is 402. The van der Waals surface area contributed by atoms with Crippen molar-refractivity contribution in [3.63, 3.8) is 0 Å². The van der Waals surface area contributed by atoms with Crippen molar-refractivity contribution in [1.82, 2.24) is 5.32 Å². The van der Waals surface area contributed by atoms with Gasteiger partial charge < -0.3 is 19.9 Å². The van der Waals surface area contributed by atoms with Crippen LogP contribution in [0, 0.1) is 11.3 Å². The molecule has 122 valence electrons. The number of aliphatic hydroxyl groups excluding tert-OH is 1. The summed E-state index contributed by atoms with van der Waals surface area (Å²) in [5, 5.41) is 13.5. The maximum Gasteiger partial charge on any atom is 0.217 e. The van der Waals surface area contributed by atoms with Crippen molar-refractivity contribution in [2.75, 3.05) is 0 Å². The van der Waals surface area contributed by atoms with Gasteiger partial charge in [-0.2, -0.15) is 0 Å². The number of fused-ring (bicyclic) bond motifs is 1. The number of aliphatic hydroxyl groups is 1. The van der Waals surface area contributed by atoms with Crippen LogP contribution >= 0.6 is 0 Å². The van der Waals surface area contributed by atoms with Crippen LogP contribution in [-0.4, -0.2) is 41.2 Å². The van der Waals surface area contributed by atoms with Crippen LogP contribution in [0.1, 0.15) is 54.4 Å². The van der Waals surface area contributed by atoms with Crippen molar-refractivity contribution in [2.45, 2.75) is 84.5 Å². The molecule has 1 heterocycles. The summed E-state index contributed by atoms with van der Waals surface area (Å²) < 4.78 is 12.1. The lowest BCUT2D eigenvalue weighted by Gasteiger charge is -2.44. The van der Waals surface area contributed by atoms with E-state index in [1.165, 1.54) is 6.92 Å². The number of rotatable bonds is 2. The average molecular weight is 299 g/mol. The highest BCUT2D eigenvalue weighted by molar-refractivity contribution is 5.73. The zero-order chi connectivity index (χ0) is 16.0. The van der Waals surface area contributed by atoms with E-state index in [9.17, 15) is 9.90 Å². The number of nitrogens with one attached hydrogen (secondary N) is 1. The van der Waals surface area contributed by atoms with Crippen molar-refractivity contribution in [3.05, 3.63) is 0 Å². The Morgan fingerprint density at radius 2 is 1.95 bits per heavy atom. The second kappa shape index (κ2) is 5.52. The van der Waals surface area contributed by atoms with Crippen molar-refractivity contribution in [2.24, 2.45) is 11.3 Å². The van der Waals surface area contributed by atoms with E-state index >= 15 is 0 Å². The standard InChI is InChI=1S/C16H29NO4/c1-9(18)17-12-13(19)10-7-16(5,6)8-11(10)20-14(12)21-15(2,3)4/h10-14,19H,7-8H2,1-6H3,(H,17,18). The summed E-state index contributed by atoms with van der Waals surface area (Å²) in [6.07, 6.45) is 0.552. The maximum absolute atomic E-state index is 11.5. The predicted molar refractivity (Wildman–Crippen MR) is 79.6 cm³/mol. The fourth-order valence-electron chi connectivity index (χ4n) is 3.56. The zero-order valence-corrected chi connectivity index (χ0v) is 14.0. The fraction of sp³-hybridized carbons (Fsp3) is 0.938. The van der Waals surface area contributed by atoms with E-state index in [-0.39, 0.29) is 23.3 Å². The van der Waals surface area contributed by atoms with E-state index in [4.69, 9.17) is 9.47 Å². The first-order valence-corrected chi connectivity index (χ1v) is 7.77. The quantitative estimate of drug-likeness (QED) is 0.816. The normalized spacial score (nSPS) is 38.9. The number of hydrogen-bond acceptors (Lipinski definition) is 4. The Morgan fingerprint density at radius 1 is 1.33 bits per heavy atom. The molecule has 0 aromatic carbocycles. The molecule has 2 N–H and O–H groups in total. The molecule has 1 saturated carbocycles. The van der Waals surface area contributed by atoms with Crippen LogP contribution in [0.3, 0.4) is 0 Å². The van der Waals surface area contributed by atoms with E-state index in [1.54, 1.807) is 0 Å². The average Bonchev–Trinajstić information content (AvgIpc) is 2.56. The molecule has 2 rings (SSSR count). The number of hydrogen-bond donors (Lipinski definition) is 2. The molecule has 2 aliphatic rings. The molecule has 0 radical (unpaired) electrons. The number of ether oxygens (including phenoxy) is 2. The summed E-state index contributed by atoms with van der Waals surface area (Å²) in [5.74, 6) is -0.127. The van der Waals surface area contributed by atoms with Gasteiger partial charge in [0.2, 0.25) is 5.91 Å². The largest absolute Gasteiger partial charge is 0.390 e. The van der Waals surface area contributed by atoms with Crippen LogP contribution in [0.25, 0.3) is 0 Å². The molecule has 0 aromatic heterocycles. The van der Waals surface area contributed by atoms with Gasteiger partial charge in [0, 0.05) is 12.8 Å². The van der Waals surface area contributed by atoms with Gasteiger partial charge in [0.15, 0.2) is 6.29 Å². The topological polar surface area (TPSA) is 67.8 Å². The first kappa shape index (κ1) is 16.7. The fourth-order valence-corrected chi connectivity index (χ4v) is 3.56. The number of carbonyl (C=O) groups excluding carboxylic acids is 1. The molecular weight excluding hydrogens is 270 g/mol. The Labute approximate surface area is 127 Å². The lowest BCUT2D eigenvalue weighted by atomic mass is 9.86. The molecule has 5 atom stereocenters. The first-order valence-electron chi connectivity index (χ1n) is 7.77. The smallest absolute Gasteiger partial charge is 0.217 e. The number of amides is 1. The third-order valence-corrected chi connectivity index (χ3v) is 4.27. The minimum Gasteiger partial charge on any atom is -0.390 e. The molecule has 5 nitrogen and oxygen atoms in total. The van der Waals surface area contributed by atoms with Gasteiger partial charge in [0.05, 0.1) is 17.8 Å². The summed E-state index contributed by atoms with van der Waals surface area (Å²) in [6, 6.07) is -0.517. The van der Waals surface area contributed by atoms with Crippen molar-refractivity contribution in [1.29, 1.82) is 0 Å². The van der Waals surface area contributed by atoms with Gasteiger partial charge in [0.1, 0.15) is 6.04 Å². The lowest BCUT2D eigenvalue weighted by Crippen LogP contribution is -2.61. The molecular formula is C16H29NO4. The molecule has 1 aliphatic heterocycles. The van der Waals surface area contributed by atoms with Crippen LogP contribution in [0.5, 0.6) is 0 Å². The van der Waals surface area contributed by atoms with E-state index in [0.29, 0.717) is 0 Å². The molecule has 0 spiro atoms. The van der Waals surface area contributed by atoms with Gasteiger partial charge in [-0.15, -0.1) is 0 Å². The summed E-state index contributed by atoms with van der Waals surface area (Å²) in [7, 11) is 0. The Kier molecular flexibility index (Phi) is 4.40. The maximum atomic E-state index is 11.5.